The van der Waals surface area contributed by atoms with Gasteiger partial charge in [0.25, 0.3) is 17.7 Å². The summed E-state index contributed by atoms with van der Waals surface area (Å²) >= 11 is 0. The van der Waals surface area contributed by atoms with E-state index in [-0.39, 0.29) is 12.5 Å². The van der Waals surface area contributed by atoms with E-state index in [2.05, 4.69) is 16.2 Å². The molecule has 0 saturated heterocycles. The molecule has 0 fully saturated rings. The lowest BCUT2D eigenvalue weighted by Gasteiger charge is -2.10. The van der Waals surface area contributed by atoms with Crippen LogP contribution in [0, 0.1) is 20.8 Å². The Morgan fingerprint density at radius 1 is 0.800 bits per heavy atom. The lowest BCUT2D eigenvalue weighted by molar-refractivity contribution is -0.120. The van der Waals surface area contributed by atoms with E-state index in [9.17, 15) is 14.4 Å². The molecule has 3 N–H and O–H groups in total. The Kier molecular flexibility index (Phi) is 5.89. The van der Waals surface area contributed by atoms with Gasteiger partial charge in [-0.1, -0.05) is 24.3 Å². The molecule has 0 unspecified atom stereocenters. The SMILES string of the molecule is Cc1ccc(C(=O)NCC(=O)NNC(=O)c2ccccc2C)cc1C. The Morgan fingerprint density at radius 3 is 2.20 bits per heavy atom. The second-order valence-electron chi connectivity index (χ2n) is 5.80. The Balaban J connectivity index is 1.82. The predicted molar refractivity (Wildman–Crippen MR) is 95.0 cm³/mol. The van der Waals surface area contributed by atoms with E-state index in [1.807, 2.05) is 26.0 Å². The van der Waals surface area contributed by atoms with Crippen LogP contribution >= 0.6 is 0 Å². The Labute approximate surface area is 146 Å². The zero-order valence-corrected chi connectivity index (χ0v) is 14.5. The number of aryl methyl sites for hydroxylation is 3. The van der Waals surface area contributed by atoms with E-state index in [0.717, 1.165) is 16.7 Å². The van der Waals surface area contributed by atoms with Crippen LogP contribution in [-0.4, -0.2) is 24.3 Å². The summed E-state index contributed by atoms with van der Waals surface area (Å²) < 4.78 is 0. The molecular weight excluding hydrogens is 318 g/mol. The molecule has 0 aromatic heterocycles. The lowest BCUT2D eigenvalue weighted by atomic mass is 10.1. The molecule has 0 heterocycles. The molecule has 0 aliphatic carbocycles. The third-order valence-corrected chi connectivity index (χ3v) is 3.88. The summed E-state index contributed by atoms with van der Waals surface area (Å²) in [6.07, 6.45) is 0. The van der Waals surface area contributed by atoms with E-state index < -0.39 is 11.8 Å². The molecule has 6 nitrogen and oxygen atoms in total. The van der Waals surface area contributed by atoms with Gasteiger partial charge < -0.3 is 5.32 Å². The van der Waals surface area contributed by atoms with Crippen molar-refractivity contribution in [2.45, 2.75) is 20.8 Å². The first-order valence-electron chi connectivity index (χ1n) is 7.88. The summed E-state index contributed by atoms with van der Waals surface area (Å²) in [5.41, 5.74) is 8.47. The van der Waals surface area contributed by atoms with E-state index >= 15 is 0 Å². The molecule has 0 bridgehead atoms. The fourth-order valence-corrected chi connectivity index (χ4v) is 2.21. The van der Waals surface area contributed by atoms with Crippen molar-refractivity contribution >= 4 is 17.7 Å². The van der Waals surface area contributed by atoms with Gasteiger partial charge in [0, 0.05) is 11.1 Å². The Morgan fingerprint density at radius 2 is 1.52 bits per heavy atom. The highest BCUT2D eigenvalue weighted by Gasteiger charge is 2.11. The van der Waals surface area contributed by atoms with Gasteiger partial charge in [-0.2, -0.15) is 0 Å². The Bertz CT molecular complexity index is 815. The van der Waals surface area contributed by atoms with Crippen LogP contribution < -0.4 is 16.2 Å². The highest BCUT2D eigenvalue weighted by molar-refractivity contribution is 5.98. The van der Waals surface area contributed by atoms with Crippen LogP contribution in [0.15, 0.2) is 42.5 Å². The molecule has 2 aromatic rings. The number of nitrogens with one attached hydrogen (secondary N) is 3. The minimum absolute atomic E-state index is 0.236. The molecule has 25 heavy (non-hydrogen) atoms. The molecule has 130 valence electrons. The zero-order chi connectivity index (χ0) is 18.4. The molecule has 0 atom stereocenters. The Hall–Kier alpha value is -3.15. The summed E-state index contributed by atoms with van der Waals surface area (Å²) in [7, 11) is 0. The number of hydrogen-bond acceptors (Lipinski definition) is 3. The smallest absolute Gasteiger partial charge is 0.269 e. The maximum Gasteiger partial charge on any atom is 0.269 e. The quantitative estimate of drug-likeness (QED) is 0.742. The first kappa shape index (κ1) is 18.2. The van der Waals surface area contributed by atoms with E-state index in [1.54, 1.807) is 37.3 Å². The second-order valence-corrected chi connectivity index (χ2v) is 5.80. The number of amides is 3. The third kappa shape index (κ3) is 4.91. The standard InChI is InChI=1S/C19H21N3O3/c1-12-8-9-15(10-14(12)3)18(24)20-11-17(23)21-22-19(25)16-7-5-4-6-13(16)2/h4-10H,11H2,1-3H3,(H,20,24)(H,21,23)(H,22,25). The molecular formula is C19H21N3O3. The number of benzene rings is 2. The van der Waals surface area contributed by atoms with Crippen molar-refractivity contribution in [1.82, 2.24) is 16.2 Å². The molecule has 0 radical (unpaired) electrons. The lowest BCUT2D eigenvalue weighted by Crippen LogP contribution is -2.46. The van der Waals surface area contributed by atoms with Crippen LogP contribution in [0.25, 0.3) is 0 Å². The molecule has 0 aliphatic rings. The second kappa shape index (κ2) is 8.10. The highest BCUT2D eigenvalue weighted by Crippen LogP contribution is 2.09. The number of rotatable bonds is 4. The van der Waals surface area contributed by atoms with Crippen molar-refractivity contribution in [2.24, 2.45) is 0 Å². The maximum absolute atomic E-state index is 12.0. The minimum Gasteiger partial charge on any atom is -0.343 e. The summed E-state index contributed by atoms with van der Waals surface area (Å²) in [5.74, 6) is -1.27. The van der Waals surface area contributed by atoms with Gasteiger partial charge >= 0.3 is 0 Å². The van der Waals surface area contributed by atoms with Crippen LogP contribution in [0.3, 0.4) is 0 Å². The fourth-order valence-electron chi connectivity index (χ4n) is 2.21. The topological polar surface area (TPSA) is 87.3 Å². The van der Waals surface area contributed by atoms with Gasteiger partial charge in [-0.15, -0.1) is 0 Å². The van der Waals surface area contributed by atoms with Crippen LogP contribution in [0.5, 0.6) is 0 Å². The summed E-state index contributed by atoms with van der Waals surface area (Å²) in [6.45, 7) is 5.45. The third-order valence-electron chi connectivity index (χ3n) is 3.88. The van der Waals surface area contributed by atoms with Crippen molar-refractivity contribution < 1.29 is 14.4 Å². The van der Waals surface area contributed by atoms with Crippen molar-refractivity contribution in [3.05, 3.63) is 70.3 Å². The summed E-state index contributed by atoms with van der Waals surface area (Å²) in [6, 6.07) is 12.4. The fraction of sp³-hybridized carbons (Fsp3) is 0.211. The van der Waals surface area contributed by atoms with Crippen LogP contribution in [0.2, 0.25) is 0 Å². The zero-order valence-electron chi connectivity index (χ0n) is 14.5. The van der Waals surface area contributed by atoms with Gasteiger partial charge in [0.1, 0.15) is 0 Å². The number of hydrazine groups is 1. The van der Waals surface area contributed by atoms with Crippen LogP contribution in [-0.2, 0) is 4.79 Å². The molecule has 6 heteroatoms. The van der Waals surface area contributed by atoms with Gasteiger partial charge in [-0.25, -0.2) is 0 Å². The highest BCUT2D eigenvalue weighted by atomic mass is 16.2. The predicted octanol–water partition coefficient (Wildman–Crippen LogP) is 1.80. The van der Waals surface area contributed by atoms with Gasteiger partial charge in [-0.3, -0.25) is 25.2 Å². The number of carbonyl (C=O) groups is 3. The molecule has 0 aliphatic heterocycles. The number of carbonyl (C=O) groups excluding carboxylic acids is 3. The largest absolute Gasteiger partial charge is 0.343 e. The molecule has 0 saturated carbocycles. The van der Waals surface area contributed by atoms with Crippen molar-refractivity contribution in [3.63, 3.8) is 0 Å². The van der Waals surface area contributed by atoms with E-state index in [4.69, 9.17) is 0 Å². The average Bonchev–Trinajstić information content (AvgIpc) is 2.60. The first-order valence-corrected chi connectivity index (χ1v) is 7.88. The van der Waals surface area contributed by atoms with Gasteiger partial charge in [0.15, 0.2) is 0 Å². The van der Waals surface area contributed by atoms with E-state index in [1.165, 1.54) is 0 Å². The minimum atomic E-state index is -0.515. The molecule has 0 spiro atoms. The van der Waals surface area contributed by atoms with Crippen LogP contribution in [0.4, 0.5) is 0 Å². The summed E-state index contributed by atoms with van der Waals surface area (Å²) in [5, 5.41) is 2.52. The van der Waals surface area contributed by atoms with Gasteiger partial charge in [-0.05, 0) is 55.7 Å². The van der Waals surface area contributed by atoms with Gasteiger partial charge in [0.2, 0.25) is 0 Å². The first-order chi connectivity index (χ1) is 11.9. The normalized spacial score (nSPS) is 10.0. The molecule has 2 rings (SSSR count). The monoisotopic (exact) mass is 339 g/mol. The average molecular weight is 339 g/mol. The summed E-state index contributed by atoms with van der Waals surface area (Å²) in [4.78, 5) is 35.8. The van der Waals surface area contributed by atoms with Crippen molar-refractivity contribution in [2.75, 3.05) is 6.54 Å². The van der Waals surface area contributed by atoms with E-state index in [0.29, 0.717) is 11.1 Å². The molecule has 2 aromatic carbocycles. The molecule has 3 amide bonds. The maximum atomic E-state index is 12.0. The van der Waals surface area contributed by atoms with Gasteiger partial charge in [0.05, 0.1) is 6.54 Å². The van der Waals surface area contributed by atoms with Crippen molar-refractivity contribution in [3.8, 4) is 0 Å². The van der Waals surface area contributed by atoms with Crippen LogP contribution in [0.1, 0.15) is 37.4 Å². The van der Waals surface area contributed by atoms with Crippen molar-refractivity contribution in [1.29, 1.82) is 0 Å². The number of hydrogen-bond donors (Lipinski definition) is 3.